The normalized spacial score (nSPS) is 21.0. The molecule has 1 aromatic carbocycles. The molecule has 1 aromatic rings. The molecule has 2 N–H and O–H groups in total. The molecule has 0 saturated heterocycles. The molecule has 0 radical (unpaired) electrons. The third-order valence-electron chi connectivity index (χ3n) is 3.54. The summed E-state index contributed by atoms with van der Waals surface area (Å²) in [5.41, 5.74) is 7.96. The van der Waals surface area contributed by atoms with E-state index in [2.05, 4.69) is 39.0 Å². The summed E-state index contributed by atoms with van der Waals surface area (Å²) in [6.45, 7) is 7.59. The third-order valence-corrected chi connectivity index (χ3v) is 3.54. The van der Waals surface area contributed by atoms with Gasteiger partial charge in [-0.15, -0.1) is 0 Å². The molecule has 2 atom stereocenters. The first-order valence-corrected chi connectivity index (χ1v) is 6.93. The second kappa shape index (κ2) is 5.31. The lowest BCUT2D eigenvalue weighted by Gasteiger charge is -2.30. The van der Waals surface area contributed by atoms with Crippen LogP contribution in [0.3, 0.4) is 0 Å². The Hall–Kier alpha value is -1.02. The average Bonchev–Trinajstić information content (AvgIpc) is 2.27. The second-order valence-electron chi connectivity index (χ2n) is 6.63. The van der Waals surface area contributed by atoms with E-state index < -0.39 is 0 Å². The maximum atomic E-state index is 6.31. The van der Waals surface area contributed by atoms with Crippen molar-refractivity contribution in [3.8, 4) is 5.75 Å². The van der Waals surface area contributed by atoms with Gasteiger partial charge in [-0.05, 0) is 42.2 Å². The minimum atomic E-state index is 0.279. The molecule has 0 amide bonds. The van der Waals surface area contributed by atoms with Crippen LogP contribution in [-0.4, -0.2) is 12.6 Å². The first-order valence-electron chi connectivity index (χ1n) is 6.93. The number of para-hydroxylation sites is 1. The molecule has 0 aliphatic carbocycles. The zero-order valence-corrected chi connectivity index (χ0v) is 11.8. The van der Waals surface area contributed by atoms with Crippen LogP contribution in [0, 0.1) is 5.41 Å². The van der Waals surface area contributed by atoms with Crippen molar-refractivity contribution in [3.63, 3.8) is 0 Å². The van der Waals surface area contributed by atoms with Crippen LogP contribution < -0.4 is 10.5 Å². The van der Waals surface area contributed by atoms with Gasteiger partial charge in [-0.1, -0.05) is 39.0 Å². The maximum absolute atomic E-state index is 6.31. The van der Waals surface area contributed by atoms with Crippen LogP contribution in [0.4, 0.5) is 0 Å². The molecule has 2 heteroatoms. The first kappa shape index (κ1) is 13.4. The average molecular weight is 247 g/mol. The lowest BCUT2D eigenvalue weighted by Crippen LogP contribution is -2.29. The topological polar surface area (TPSA) is 35.2 Å². The highest BCUT2D eigenvalue weighted by atomic mass is 16.5. The van der Waals surface area contributed by atoms with Crippen LogP contribution in [-0.2, 0) is 0 Å². The van der Waals surface area contributed by atoms with Crippen LogP contribution >= 0.6 is 0 Å². The highest BCUT2D eigenvalue weighted by Gasteiger charge is 2.25. The van der Waals surface area contributed by atoms with Gasteiger partial charge in [0.15, 0.2) is 0 Å². The molecule has 2 rings (SSSR count). The zero-order valence-electron chi connectivity index (χ0n) is 11.8. The van der Waals surface area contributed by atoms with Crippen molar-refractivity contribution in [1.29, 1.82) is 0 Å². The summed E-state index contributed by atoms with van der Waals surface area (Å²) in [5, 5.41) is 0. The summed E-state index contributed by atoms with van der Waals surface area (Å²) in [6.07, 6.45) is 3.24. The Morgan fingerprint density at radius 1 is 1.33 bits per heavy atom. The first-order chi connectivity index (χ1) is 8.46. The highest BCUT2D eigenvalue weighted by molar-refractivity contribution is 5.37. The van der Waals surface area contributed by atoms with Crippen molar-refractivity contribution in [1.82, 2.24) is 0 Å². The fourth-order valence-corrected chi connectivity index (χ4v) is 2.90. The molecule has 1 aliphatic rings. The van der Waals surface area contributed by atoms with E-state index in [9.17, 15) is 0 Å². The quantitative estimate of drug-likeness (QED) is 0.883. The van der Waals surface area contributed by atoms with E-state index in [1.54, 1.807) is 0 Å². The smallest absolute Gasteiger partial charge is 0.122 e. The van der Waals surface area contributed by atoms with Crippen LogP contribution in [0.2, 0.25) is 0 Å². The van der Waals surface area contributed by atoms with Gasteiger partial charge in [-0.25, -0.2) is 0 Å². The largest absolute Gasteiger partial charge is 0.493 e. The SMILES string of the molecule is CC(C)(C)CC(N)CC1CCOc2ccccc21. The van der Waals surface area contributed by atoms with Gasteiger partial charge in [0.25, 0.3) is 0 Å². The van der Waals surface area contributed by atoms with Gasteiger partial charge in [0.05, 0.1) is 6.61 Å². The number of benzene rings is 1. The number of ether oxygens (including phenoxy) is 1. The molecule has 1 aliphatic heterocycles. The van der Waals surface area contributed by atoms with E-state index in [0.29, 0.717) is 11.3 Å². The fourth-order valence-electron chi connectivity index (χ4n) is 2.90. The van der Waals surface area contributed by atoms with Gasteiger partial charge in [-0.3, -0.25) is 0 Å². The Balaban J connectivity index is 2.03. The van der Waals surface area contributed by atoms with E-state index in [-0.39, 0.29) is 6.04 Å². The van der Waals surface area contributed by atoms with Gasteiger partial charge in [0, 0.05) is 6.04 Å². The molecule has 18 heavy (non-hydrogen) atoms. The molecule has 100 valence electrons. The van der Waals surface area contributed by atoms with Crippen molar-refractivity contribution in [2.24, 2.45) is 11.1 Å². The molecule has 2 nitrogen and oxygen atoms in total. The summed E-state index contributed by atoms with van der Waals surface area (Å²) < 4.78 is 5.70. The Labute approximate surface area is 111 Å². The molecule has 0 spiro atoms. The van der Waals surface area contributed by atoms with Crippen LogP contribution in [0.1, 0.15) is 51.5 Å². The van der Waals surface area contributed by atoms with Crippen molar-refractivity contribution in [2.75, 3.05) is 6.61 Å². The van der Waals surface area contributed by atoms with Crippen LogP contribution in [0.25, 0.3) is 0 Å². The van der Waals surface area contributed by atoms with Gasteiger partial charge in [-0.2, -0.15) is 0 Å². The Bertz CT molecular complexity index is 394. The monoisotopic (exact) mass is 247 g/mol. The van der Waals surface area contributed by atoms with E-state index in [0.717, 1.165) is 31.6 Å². The number of hydrogen-bond acceptors (Lipinski definition) is 2. The zero-order chi connectivity index (χ0) is 13.2. The molecule has 2 unspecified atom stereocenters. The Morgan fingerprint density at radius 3 is 2.78 bits per heavy atom. The number of hydrogen-bond donors (Lipinski definition) is 1. The van der Waals surface area contributed by atoms with Gasteiger partial charge >= 0.3 is 0 Å². The number of rotatable bonds is 3. The predicted octanol–water partition coefficient (Wildman–Crippen LogP) is 3.71. The van der Waals surface area contributed by atoms with E-state index in [4.69, 9.17) is 10.5 Å². The van der Waals surface area contributed by atoms with Gasteiger partial charge in [0.2, 0.25) is 0 Å². The minimum absolute atomic E-state index is 0.279. The van der Waals surface area contributed by atoms with Crippen LogP contribution in [0.15, 0.2) is 24.3 Å². The molecular weight excluding hydrogens is 222 g/mol. The molecular formula is C16H25NO. The van der Waals surface area contributed by atoms with Crippen molar-refractivity contribution in [2.45, 2.75) is 52.0 Å². The standard InChI is InChI=1S/C16H25NO/c1-16(2,3)11-13(17)10-12-8-9-18-15-7-5-4-6-14(12)15/h4-7,12-13H,8-11,17H2,1-3H3. The molecule has 1 heterocycles. The predicted molar refractivity (Wildman–Crippen MR) is 76.0 cm³/mol. The van der Waals surface area contributed by atoms with E-state index in [1.807, 2.05) is 6.07 Å². The summed E-state index contributed by atoms with van der Waals surface area (Å²) in [6, 6.07) is 8.66. The minimum Gasteiger partial charge on any atom is -0.493 e. The third kappa shape index (κ3) is 3.49. The second-order valence-corrected chi connectivity index (χ2v) is 6.63. The number of nitrogens with two attached hydrogens (primary N) is 1. The van der Waals surface area contributed by atoms with Gasteiger partial charge in [0.1, 0.15) is 5.75 Å². The Kier molecular flexibility index (Phi) is 3.96. The summed E-state index contributed by atoms with van der Waals surface area (Å²) in [7, 11) is 0. The molecule has 0 bridgehead atoms. The van der Waals surface area contributed by atoms with Crippen molar-refractivity contribution >= 4 is 0 Å². The summed E-state index contributed by atoms with van der Waals surface area (Å²) in [5.74, 6) is 1.61. The Morgan fingerprint density at radius 2 is 2.06 bits per heavy atom. The lowest BCUT2D eigenvalue weighted by molar-refractivity contribution is 0.249. The molecule has 0 aromatic heterocycles. The van der Waals surface area contributed by atoms with Crippen LogP contribution in [0.5, 0.6) is 5.75 Å². The maximum Gasteiger partial charge on any atom is 0.122 e. The van der Waals surface area contributed by atoms with E-state index >= 15 is 0 Å². The summed E-state index contributed by atoms with van der Waals surface area (Å²) >= 11 is 0. The van der Waals surface area contributed by atoms with Crippen molar-refractivity contribution < 1.29 is 4.74 Å². The number of fused-ring (bicyclic) bond motifs is 1. The van der Waals surface area contributed by atoms with E-state index in [1.165, 1.54) is 5.56 Å². The fraction of sp³-hybridized carbons (Fsp3) is 0.625. The van der Waals surface area contributed by atoms with Gasteiger partial charge < -0.3 is 10.5 Å². The molecule has 0 saturated carbocycles. The molecule has 0 fully saturated rings. The summed E-state index contributed by atoms with van der Waals surface area (Å²) in [4.78, 5) is 0. The highest BCUT2D eigenvalue weighted by Crippen LogP contribution is 2.37. The van der Waals surface area contributed by atoms with Crippen molar-refractivity contribution in [3.05, 3.63) is 29.8 Å². The lowest BCUT2D eigenvalue weighted by atomic mass is 9.81.